The number of ether oxygens (including phenoxy) is 1. The van der Waals surface area contributed by atoms with Crippen molar-refractivity contribution in [2.75, 3.05) is 7.11 Å². The van der Waals surface area contributed by atoms with Crippen LogP contribution in [0, 0.1) is 25.2 Å². The molecule has 0 aliphatic rings. The molecule has 0 saturated heterocycles. The highest BCUT2D eigenvalue weighted by atomic mass is 16.5. The summed E-state index contributed by atoms with van der Waals surface area (Å²) in [4.78, 5) is 13.7. The van der Waals surface area contributed by atoms with Crippen molar-refractivity contribution in [1.29, 1.82) is 5.26 Å². The first-order valence-corrected chi connectivity index (χ1v) is 7.84. The van der Waals surface area contributed by atoms with E-state index in [2.05, 4.69) is 16.0 Å². The van der Waals surface area contributed by atoms with E-state index in [0.717, 1.165) is 22.6 Å². The molecule has 0 radical (unpaired) electrons. The lowest BCUT2D eigenvalue weighted by molar-refractivity contribution is 0.399. The molecule has 6 nitrogen and oxygen atoms in total. The topological polar surface area (TPSA) is 76.1 Å². The second-order valence-electron chi connectivity index (χ2n) is 5.79. The lowest BCUT2D eigenvalue weighted by atomic mass is 10.1. The van der Waals surface area contributed by atoms with E-state index in [1.165, 1.54) is 0 Å². The van der Waals surface area contributed by atoms with E-state index in [1.807, 2.05) is 42.5 Å². The predicted molar refractivity (Wildman–Crippen MR) is 94.5 cm³/mol. The van der Waals surface area contributed by atoms with Gasteiger partial charge in [-0.15, -0.1) is 0 Å². The van der Waals surface area contributed by atoms with Gasteiger partial charge >= 0.3 is 0 Å². The van der Waals surface area contributed by atoms with Gasteiger partial charge in [-0.2, -0.15) is 10.2 Å². The largest absolute Gasteiger partial charge is 0.481 e. The minimum atomic E-state index is 0.337. The standard InChI is InChI=1S/C19H15N5O/c1-11-6-4-5-7-13(11)18-21-12(2)17-15(10-20)22-14-8-9-16(25-3)23-19(14)24(17)18/h4-9H,1-3H3. The molecule has 0 atom stereocenters. The number of nitriles is 1. The van der Waals surface area contributed by atoms with Crippen molar-refractivity contribution in [3.8, 4) is 23.3 Å². The molecule has 0 amide bonds. The molecule has 25 heavy (non-hydrogen) atoms. The molecule has 3 aromatic heterocycles. The number of nitrogens with zero attached hydrogens (tertiary/aromatic N) is 5. The lowest BCUT2D eigenvalue weighted by Gasteiger charge is -2.09. The van der Waals surface area contributed by atoms with Crippen molar-refractivity contribution in [3.63, 3.8) is 0 Å². The fourth-order valence-electron chi connectivity index (χ4n) is 3.06. The SMILES string of the molecule is COc1ccc2nc(C#N)c3c(C)nc(-c4ccccc4C)n3c2n1. The fourth-order valence-corrected chi connectivity index (χ4v) is 3.06. The summed E-state index contributed by atoms with van der Waals surface area (Å²) in [6, 6.07) is 13.7. The molecule has 0 spiro atoms. The second kappa shape index (κ2) is 5.56. The third-order valence-electron chi connectivity index (χ3n) is 4.25. The Bertz CT molecular complexity index is 1170. The van der Waals surface area contributed by atoms with Crippen molar-refractivity contribution in [2.45, 2.75) is 13.8 Å². The van der Waals surface area contributed by atoms with Crippen molar-refractivity contribution >= 4 is 16.7 Å². The zero-order chi connectivity index (χ0) is 17.6. The van der Waals surface area contributed by atoms with Gasteiger partial charge in [0.25, 0.3) is 0 Å². The maximum absolute atomic E-state index is 9.56. The van der Waals surface area contributed by atoms with Crippen LogP contribution < -0.4 is 4.74 Å². The Balaban J connectivity index is 2.24. The van der Waals surface area contributed by atoms with Crippen molar-refractivity contribution in [1.82, 2.24) is 19.4 Å². The van der Waals surface area contributed by atoms with Crippen LogP contribution in [0.5, 0.6) is 5.88 Å². The first-order valence-electron chi connectivity index (χ1n) is 7.84. The molecule has 0 saturated carbocycles. The van der Waals surface area contributed by atoms with E-state index < -0.39 is 0 Å². The van der Waals surface area contributed by atoms with Gasteiger partial charge in [-0.3, -0.25) is 4.40 Å². The van der Waals surface area contributed by atoms with Crippen molar-refractivity contribution < 1.29 is 4.74 Å². The maximum atomic E-state index is 9.56. The summed E-state index contributed by atoms with van der Waals surface area (Å²) in [5, 5.41) is 9.56. The summed E-state index contributed by atoms with van der Waals surface area (Å²) < 4.78 is 7.17. The van der Waals surface area contributed by atoms with Crippen LogP contribution in [0.4, 0.5) is 0 Å². The number of fused-ring (bicyclic) bond motifs is 3. The van der Waals surface area contributed by atoms with Gasteiger partial charge in [0.1, 0.15) is 22.9 Å². The Kier molecular flexibility index (Phi) is 3.36. The first-order chi connectivity index (χ1) is 12.1. The van der Waals surface area contributed by atoms with Crippen LogP contribution in [0.3, 0.4) is 0 Å². The third-order valence-corrected chi connectivity index (χ3v) is 4.25. The zero-order valence-corrected chi connectivity index (χ0v) is 14.1. The highest BCUT2D eigenvalue weighted by Crippen LogP contribution is 2.30. The molecule has 0 bridgehead atoms. The number of aromatic nitrogens is 4. The number of methoxy groups -OCH3 is 1. The Labute approximate surface area is 144 Å². The first kappa shape index (κ1) is 15.1. The molecule has 0 unspecified atom stereocenters. The van der Waals surface area contributed by atoms with Crippen LogP contribution in [-0.2, 0) is 0 Å². The van der Waals surface area contributed by atoms with Gasteiger partial charge in [0.05, 0.1) is 12.8 Å². The quantitative estimate of drug-likeness (QED) is 0.563. The monoisotopic (exact) mass is 329 g/mol. The molecule has 4 aromatic rings. The normalized spacial score (nSPS) is 11.0. The van der Waals surface area contributed by atoms with E-state index in [-0.39, 0.29) is 0 Å². The average molecular weight is 329 g/mol. The minimum absolute atomic E-state index is 0.337. The number of pyridine rings is 1. The molecule has 122 valence electrons. The summed E-state index contributed by atoms with van der Waals surface area (Å²) in [7, 11) is 1.57. The van der Waals surface area contributed by atoms with Crippen LogP contribution in [0.1, 0.15) is 17.0 Å². The Morgan fingerprint density at radius 3 is 2.56 bits per heavy atom. The molecule has 0 fully saturated rings. The van der Waals surface area contributed by atoms with Crippen molar-refractivity contribution in [2.24, 2.45) is 0 Å². The van der Waals surface area contributed by atoms with Gasteiger partial charge in [0, 0.05) is 11.6 Å². The van der Waals surface area contributed by atoms with E-state index >= 15 is 0 Å². The maximum Gasteiger partial charge on any atom is 0.215 e. The van der Waals surface area contributed by atoms with Gasteiger partial charge in [-0.1, -0.05) is 24.3 Å². The summed E-state index contributed by atoms with van der Waals surface area (Å²) in [6.45, 7) is 3.92. The average Bonchev–Trinajstić information content (AvgIpc) is 2.98. The summed E-state index contributed by atoms with van der Waals surface area (Å²) in [6.07, 6.45) is 0. The van der Waals surface area contributed by atoms with Crippen molar-refractivity contribution in [3.05, 3.63) is 53.3 Å². The van der Waals surface area contributed by atoms with Crippen LogP contribution in [0.2, 0.25) is 0 Å². The van der Waals surface area contributed by atoms with E-state index in [0.29, 0.717) is 28.3 Å². The molecule has 3 heterocycles. The molecule has 1 aromatic carbocycles. The lowest BCUT2D eigenvalue weighted by Crippen LogP contribution is -2.01. The number of aryl methyl sites for hydroxylation is 2. The summed E-state index contributed by atoms with van der Waals surface area (Å²) >= 11 is 0. The molecule has 0 aliphatic heterocycles. The van der Waals surface area contributed by atoms with Gasteiger partial charge in [0.2, 0.25) is 5.88 Å². The van der Waals surface area contributed by atoms with Gasteiger partial charge in [0.15, 0.2) is 11.3 Å². The van der Waals surface area contributed by atoms with Crippen LogP contribution >= 0.6 is 0 Å². The Hall–Kier alpha value is -3.46. The summed E-state index contributed by atoms with van der Waals surface area (Å²) in [5.74, 6) is 1.23. The van der Waals surface area contributed by atoms with Gasteiger partial charge in [-0.25, -0.2) is 9.97 Å². The number of hydrogen-bond acceptors (Lipinski definition) is 5. The molecular weight excluding hydrogens is 314 g/mol. The zero-order valence-electron chi connectivity index (χ0n) is 14.1. The van der Waals surface area contributed by atoms with E-state index in [9.17, 15) is 5.26 Å². The van der Waals surface area contributed by atoms with Crippen LogP contribution in [0.25, 0.3) is 28.1 Å². The predicted octanol–water partition coefficient (Wildman–Crippen LogP) is 3.44. The Morgan fingerprint density at radius 1 is 1.04 bits per heavy atom. The smallest absolute Gasteiger partial charge is 0.215 e. The van der Waals surface area contributed by atoms with Crippen LogP contribution in [-0.4, -0.2) is 26.5 Å². The van der Waals surface area contributed by atoms with Crippen LogP contribution in [0.15, 0.2) is 36.4 Å². The van der Waals surface area contributed by atoms with E-state index in [4.69, 9.17) is 9.72 Å². The molecule has 0 aliphatic carbocycles. The molecule has 6 heteroatoms. The highest BCUT2D eigenvalue weighted by molar-refractivity contribution is 5.83. The Morgan fingerprint density at radius 2 is 1.84 bits per heavy atom. The van der Waals surface area contributed by atoms with E-state index in [1.54, 1.807) is 19.2 Å². The minimum Gasteiger partial charge on any atom is -0.481 e. The summed E-state index contributed by atoms with van der Waals surface area (Å²) in [5.41, 5.74) is 5.09. The third kappa shape index (κ3) is 2.21. The molecule has 4 rings (SSSR count). The number of imidazole rings is 1. The second-order valence-corrected chi connectivity index (χ2v) is 5.79. The van der Waals surface area contributed by atoms with Gasteiger partial charge in [-0.05, 0) is 25.5 Å². The molecular formula is C19H15N5O. The van der Waals surface area contributed by atoms with Gasteiger partial charge < -0.3 is 4.74 Å². The highest BCUT2D eigenvalue weighted by Gasteiger charge is 2.19. The number of hydrogen-bond donors (Lipinski definition) is 0. The molecule has 0 N–H and O–H groups in total. The fraction of sp³-hybridized carbons (Fsp3) is 0.158. The number of benzene rings is 1. The number of rotatable bonds is 2.